The van der Waals surface area contributed by atoms with Crippen molar-refractivity contribution in [1.29, 1.82) is 0 Å². The van der Waals surface area contributed by atoms with Crippen molar-refractivity contribution < 1.29 is 9.53 Å². The Morgan fingerprint density at radius 1 is 1.75 bits per heavy atom. The molecule has 0 bridgehead atoms. The minimum atomic E-state index is 0.0652. The standard InChI is InChI=1S/C11H16N2O2S/c1-13(7-10-6-12-3-4-15-10)11(14)9-2-5-16-8-9/h2,5,8,10,12H,3-4,6-7H2,1H3. The molecule has 2 heterocycles. The number of amides is 1. The largest absolute Gasteiger partial charge is 0.374 e. The summed E-state index contributed by atoms with van der Waals surface area (Å²) >= 11 is 1.54. The number of hydrogen-bond donors (Lipinski definition) is 1. The van der Waals surface area contributed by atoms with Gasteiger partial charge in [0, 0.05) is 32.1 Å². The van der Waals surface area contributed by atoms with E-state index >= 15 is 0 Å². The number of hydrogen-bond acceptors (Lipinski definition) is 4. The van der Waals surface area contributed by atoms with Gasteiger partial charge in [-0.3, -0.25) is 4.79 Å². The molecule has 1 saturated heterocycles. The molecule has 0 radical (unpaired) electrons. The molecule has 1 atom stereocenters. The molecule has 88 valence electrons. The monoisotopic (exact) mass is 240 g/mol. The van der Waals surface area contributed by atoms with Gasteiger partial charge in [0.15, 0.2) is 0 Å². The minimum Gasteiger partial charge on any atom is -0.374 e. The van der Waals surface area contributed by atoms with Crippen molar-refractivity contribution in [3.8, 4) is 0 Å². The first-order valence-electron chi connectivity index (χ1n) is 5.37. The fraction of sp³-hybridized carbons (Fsp3) is 0.545. The fourth-order valence-corrected chi connectivity index (χ4v) is 2.36. The van der Waals surface area contributed by atoms with Gasteiger partial charge in [0.1, 0.15) is 0 Å². The second kappa shape index (κ2) is 5.43. The number of nitrogens with one attached hydrogen (secondary N) is 1. The molecule has 1 fully saturated rings. The lowest BCUT2D eigenvalue weighted by Crippen LogP contribution is -2.45. The second-order valence-electron chi connectivity index (χ2n) is 3.89. The van der Waals surface area contributed by atoms with Crippen LogP contribution in [-0.2, 0) is 4.74 Å². The van der Waals surface area contributed by atoms with Gasteiger partial charge >= 0.3 is 0 Å². The molecule has 4 nitrogen and oxygen atoms in total. The molecule has 1 amide bonds. The quantitative estimate of drug-likeness (QED) is 0.850. The average molecular weight is 240 g/mol. The number of carbonyl (C=O) groups is 1. The highest BCUT2D eigenvalue weighted by Crippen LogP contribution is 2.09. The summed E-state index contributed by atoms with van der Waals surface area (Å²) in [7, 11) is 1.82. The first-order chi connectivity index (χ1) is 7.77. The van der Waals surface area contributed by atoms with E-state index in [9.17, 15) is 4.79 Å². The van der Waals surface area contributed by atoms with Crippen molar-refractivity contribution >= 4 is 17.2 Å². The number of carbonyl (C=O) groups excluding carboxylic acids is 1. The molecule has 1 aliphatic rings. The average Bonchev–Trinajstić information content (AvgIpc) is 2.83. The number of morpholine rings is 1. The molecule has 5 heteroatoms. The van der Waals surface area contributed by atoms with E-state index in [1.807, 2.05) is 23.9 Å². The fourth-order valence-electron chi connectivity index (χ4n) is 1.73. The Hall–Kier alpha value is -0.910. The highest BCUT2D eigenvalue weighted by molar-refractivity contribution is 7.08. The van der Waals surface area contributed by atoms with Crippen molar-refractivity contribution in [3.63, 3.8) is 0 Å². The number of likely N-dealkylation sites (N-methyl/N-ethyl adjacent to an activating group) is 1. The summed E-state index contributed by atoms with van der Waals surface area (Å²) < 4.78 is 5.56. The molecule has 1 N–H and O–H groups in total. The van der Waals surface area contributed by atoms with Crippen LogP contribution in [0.15, 0.2) is 16.8 Å². The summed E-state index contributed by atoms with van der Waals surface area (Å²) in [6.07, 6.45) is 0.112. The van der Waals surface area contributed by atoms with Crippen LogP contribution < -0.4 is 5.32 Å². The van der Waals surface area contributed by atoms with Crippen LogP contribution >= 0.6 is 11.3 Å². The van der Waals surface area contributed by atoms with E-state index in [1.165, 1.54) is 0 Å². The maximum Gasteiger partial charge on any atom is 0.254 e. The van der Waals surface area contributed by atoms with Gasteiger partial charge in [-0.25, -0.2) is 0 Å². The van der Waals surface area contributed by atoms with Crippen LogP contribution in [0.2, 0.25) is 0 Å². The molecular weight excluding hydrogens is 224 g/mol. The maximum absolute atomic E-state index is 11.9. The lowest BCUT2D eigenvalue weighted by atomic mass is 10.2. The summed E-state index contributed by atoms with van der Waals surface area (Å²) in [4.78, 5) is 13.7. The smallest absolute Gasteiger partial charge is 0.254 e. The highest BCUT2D eigenvalue weighted by atomic mass is 32.1. The normalized spacial score (nSPS) is 20.7. The Kier molecular flexibility index (Phi) is 3.93. The van der Waals surface area contributed by atoms with E-state index in [4.69, 9.17) is 4.74 Å². The molecule has 1 unspecified atom stereocenters. The number of thiophene rings is 1. The van der Waals surface area contributed by atoms with Crippen LogP contribution in [0.1, 0.15) is 10.4 Å². The van der Waals surface area contributed by atoms with Crippen LogP contribution in [0.4, 0.5) is 0 Å². The molecule has 0 spiro atoms. The third-order valence-electron chi connectivity index (χ3n) is 2.60. The first kappa shape index (κ1) is 11.6. The minimum absolute atomic E-state index is 0.0652. The summed E-state index contributed by atoms with van der Waals surface area (Å²) in [6.45, 7) is 3.09. The first-order valence-corrected chi connectivity index (χ1v) is 6.31. The summed E-state index contributed by atoms with van der Waals surface area (Å²) in [5, 5.41) is 7.04. The zero-order valence-electron chi connectivity index (χ0n) is 9.31. The van der Waals surface area contributed by atoms with Crippen molar-refractivity contribution in [1.82, 2.24) is 10.2 Å². The van der Waals surface area contributed by atoms with Gasteiger partial charge in [0.25, 0.3) is 5.91 Å². The summed E-state index contributed by atoms with van der Waals surface area (Å²) in [5.41, 5.74) is 0.760. The SMILES string of the molecule is CN(CC1CNCCO1)C(=O)c1ccsc1. The van der Waals surface area contributed by atoms with Gasteiger partial charge in [-0.2, -0.15) is 11.3 Å². The van der Waals surface area contributed by atoms with Gasteiger partial charge in [0.2, 0.25) is 0 Å². The van der Waals surface area contributed by atoms with Gasteiger partial charge in [-0.15, -0.1) is 0 Å². The molecule has 16 heavy (non-hydrogen) atoms. The predicted octanol–water partition coefficient (Wildman–Crippen LogP) is 0.808. The topological polar surface area (TPSA) is 41.6 Å². The molecule has 0 aliphatic carbocycles. The van der Waals surface area contributed by atoms with E-state index in [0.29, 0.717) is 6.54 Å². The molecule has 0 saturated carbocycles. The lowest BCUT2D eigenvalue weighted by Gasteiger charge is -2.27. The van der Waals surface area contributed by atoms with Crippen molar-refractivity contribution in [2.75, 3.05) is 33.3 Å². The van der Waals surface area contributed by atoms with E-state index in [1.54, 1.807) is 16.2 Å². The Bertz CT molecular complexity index is 334. The molecule has 0 aromatic carbocycles. The highest BCUT2D eigenvalue weighted by Gasteiger charge is 2.19. The van der Waals surface area contributed by atoms with Crippen LogP contribution in [-0.4, -0.2) is 50.2 Å². The zero-order valence-corrected chi connectivity index (χ0v) is 10.1. The van der Waals surface area contributed by atoms with E-state index < -0.39 is 0 Å². The van der Waals surface area contributed by atoms with E-state index in [2.05, 4.69) is 5.32 Å². The Balaban J connectivity index is 1.87. The third kappa shape index (κ3) is 2.81. The third-order valence-corrected chi connectivity index (χ3v) is 3.28. The predicted molar refractivity (Wildman–Crippen MR) is 63.9 cm³/mol. The summed E-state index contributed by atoms with van der Waals surface area (Å²) in [6, 6.07) is 1.85. The maximum atomic E-state index is 11.9. The summed E-state index contributed by atoms with van der Waals surface area (Å²) in [5.74, 6) is 0.0652. The van der Waals surface area contributed by atoms with Gasteiger partial charge in [-0.05, 0) is 11.4 Å². The molecule has 1 aromatic heterocycles. The molecule has 2 rings (SSSR count). The zero-order chi connectivity index (χ0) is 11.4. The van der Waals surface area contributed by atoms with Crippen LogP contribution in [0.25, 0.3) is 0 Å². The van der Waals surface area contributed by atoms with Gasteiger partial charge in [0.05, 0.1) is 18.3 Å². The Labute approximate surface area is 99.2 Å². The Morgan fingerprint density at radius 2 is 2.62 bits per heavy atom. The molecular formula is C11H16N2O2S. The molecule has 1 aliphatic heterocycles. The van der Waals surface area contributed by atoms with E-state index in [0.717, 1.165) is 25.3 Å². The van der Waals surface area contributed by atoms with Crippen molar-refractivity contribution in [2.24, 2.45) is 0 Å². The molecule has 1 aromatic rings. The number of rotatable bonds is 3. The number of ether oxygens (including phenoxy) is 1. The lowest BCUT2D eigenvalue weighted by molar-refractivity contribution is 0.0104. The van der Waals surface area contributed by atoms with Gasteiger partial charge < -0.3 is 15.0 Å². The Morgan fingerprint density at radius 3 is 3.25 bits per heavy atom. The number of nitrogens with zero attached hydrogens (tertiary/aromatic N) is 1. The van der Waals surface area contributed by atoms with Crippen LogP contribution in [0.5, 0.6) is 0 Å². The second-order valence-corrected chi connectivity index (χ2v) is 4.67. The van der Waals surface area contributed by atoms with Crippen LogP contribution in [0.3, 0.4) is 0 Å². The van der Waals surface area contributed by atoms with Crippen molar-refractivity contribution in [3.05, 3.63) is 22.4 Å². The van der Waals surface area contributed by atoms with E-state index in [-0.39, 0.29) is 12.0 Å². The van der Waals surface area contributed by atoms with Crippen molar-refractivity contribution in [2.45, 2.75) is 6.10 Å². The van der Waals surface area contributed by atoms with Gasteiger partial charge in [-0.1, -0.05) is 0 Å². The van der Waals surface area contributed by atoms with Crippen LogP contribution in [0, 0.1) is 0 Å².